The maximum absolute atomic E-state index is 12.5. The fraction of sp³-hybridized carbons (Fsp3) is 0.0625. The summed E-state index contributed by atoms with van der Waals surface area (Å²) in [5.74, 6) is -0.262. The second-order valence-corrected chi connectivity index (χ2v) is 6.47. The second-order valence-electron chi connectivity index (χ2n) is 5.07. The molecule has 0 radical (unpaired) electrons. The number of pyridine rings is 1. The van der Waals surface area contributed by atoms with Crippen LogP contribution in [0.3, 0.4) is 0 Å². The monoisotopic (exact) mass is 357 g/mol. The molecule has 0 unspecified atom stereocenters. The van der Waals surface area contributed by atoms with Crippen LogP contribution in [0.25, 0.3) is 10.2 Å². The van der Waals surface area contributed by atoms with E-state index in [-0.39, 0.29) is 23.0 Å². The second kappa shape index (κ2) is 6.00. The van der Waals surface area contributed by atoms with E-state index >= 15 is 0 Å². The first-order valence-corrected chi connectivity index (χ1v) is 8.07. The first-order chi connectivity index (χ1) is 11.4. The molecule has 0 fully saturated rings. The zero-order chi connectivity index (χ0) is 17.4. The van der Waals surface area contributed by atoms with Gasteiger partial charge in [0.25, 0.3) is 5.91 Å². The Morgan fingerprint density at radius 2 is 2.08 bits per heavy atom. The molecule has 8 heteroatoms. The lowest BCUT2D eigenvalue weighted by molar-refractivity contribution is 0.103. The van der Waals surface area contributed by atoms with Crippen molar-refractivity contribution in [2.24, 2.45) is 0 Å². The zero-order valence-corrected chi connectivity index (χ0v) is 14.1. The molecule has 0 aliphatic carbocycles. The summed E-state index contributed by atoms with van der Waals surface area (Å²) in [6.45, 7) is 1.73. The quantitative estimate of drug-likeness (QED) is 0.648. The van der Waals surface area contributed by atoms with E-state index < -0.39 is 0 Å². The summed E-state index contributed by atoms with van der Waals surface area (Å²) in [7, 11) is 0. The van der Waals surface area contributed by atoms with Gasteiger partial charge in [0.2, 0.25) is 0 Å². The van der Waals surface area contributed by atoms with Crippen molar-refractivity contribution in [1.29, 1.82) is 5.26 Å². The van der Waals surface area contributed by atoms with Gasteiger partial charge in [0, 0.05) is 5.39 Å². The van der Waals surface area contributed by atoms with E-state index in [0.717, 1.165) is 11.3 Å². The first kappa shape index (κ1) is 16.1. The van der Waals surface area contributed by atoms with Gasteiger partial charge in [-0.1, -0.05) is 23.7 Å². The van der Waals surface area contributed by atoms with Crippen molar-refractivity contribution in [1.82, 2.24) is 4.98 Å². The molecular formula is C16H12ClN5OS. The van der Waals surface area contributed by atoms with Crippen molar-refractivity contribution >= 4 is 56.3 Å². The van der Waals surface area contributed by atoms with Crippen molar-refractivity contribution in [3.63, 3.8) is 0 Å². The van der Waals surface area contributed by atoms with Gasteiger partial charge in [-0.05, 0) is 24.6 Å². The van der Waals surface area contributed by atoms with Crippen LogP contribution >= 0.6 is 22.9 Å². The van der Waals surface area contributed by atoms with Crippen LogP contribution in [0.4, 0.5) is 17.2 Å². The maximum Gasteiger partial charge on any atom is 0.267 e. The summed E-state index contributed by atoms with van der Waals surface area (Å²) < 4.78 is 0. The average molecular weight is 358 g/mol. The number of nitriles is 1. The van der Waals surface area contributed by atoms with Crippen LogP contribution in [0.15, 0.2) is 24.3 Å². The van der Waals surface area contributed by atoms with Gasteiger partial charge in [-0.3, -0.25) is 4.79 Å². The number of fused-ring (bicyclic) bond motifs is 1. The van der Waals surface area contributed by atoms with Crippen LogP contribution < -0.4 is 16.8 Å². The number of amides is 1. The molecule has 0 bridgehead atoms. The lowest BCUT2D eigenvalue weighted by Crippen LogP contribution is -2.12. The van der Waals surface area contributed by atoms with Gasteiger partial charge in [0.05, 0.1) is 22.0 Å². The normalized spacial score (nSPS) is 10.5. The van der Waals surface area contributed by atoms with E-state index in [1.807, 2.05) is 6.07 Å². The van der Waals surface area contributed by atoms with E-state index in [2.05, 4.69) is 10.3 Å². The van der Waals surface area contributed by atoms with Crippen LogP contribution in [0.5, 0.6) is 0 Å². The largest absolute Gasteiger partial charge is 0.397 e. The van der Waals surface area contributed by atoms with Crippen LogP contribution in [-0.4, -0.2) is 10.9 Å². The fourth-order valence-electron chi connectivity index (χ4n) is 2.41. The third-order valence-corrected chi connectivity index (χ3v) is 5.02. The molecule has 0 saturated carbocycles. The summed E-state index contributed by atoms with van der Waals surface area (Å²) in [5, 5.41) is 12.9. The number of halogens is 1. The summed E-state index contributed by atoms with van der Waals surface area (Å²) in [6.07, 6.45) is 0. The number of hydrogen-bond donors (Lipinski definition) is 3. The van der Waals surface area contributed by atoms with Crippen LogP contribution in [0.2, 0.25) is 5.02 Å². The first-order valence-electron chi connectivity index (χ1n) is 6.88. The summed E-state index contributed by atoms with van der Waals surface area (Å²) in [5.41, 5.74) is 13.6. The Hall–Kier alpha value is -2.82. The molecule has 3 rings (SSSR count). The number of aromatic nitrogens is 1. The SMILES string of the molecule is Cc1c(C#N)c(N)nc2sc(C(=O)Nc3ccccc3Cl)c(N)c12. The topological polar surface area (TPSA) is 118 Å². The fourth-order valence-corrected chi connectivity index (χ4v) is 3.65. The van der Waals surface area contributed by atoms with Crippen molar-refractivity contribution in [3.8, 4) is 6.07 Å². The summed E-state index contributed by atoms with van der Waals surface area (Å²) in [6, 6.07) is 8.92. The number of nitrogens with two attached hydrogens (primary N) is 2. The van der Waals surface area contributed by atoms with E-state index in [1.54, 1.807) is 31.2 Å². The van der Waals surface area contributed by atoms with Crippen molar-refractivity contribution in [2.75, 3.05) is 16.8 Å². The molecule has 2 aromatic heterocycles. The van der Waals surface area contributed by atoms with Gasteiger partial charge in [-0.25, -0.2) is 4.98 Å². The minimum absolute atomic E-state index is 0.127. The van der Waals surface area contributed by atoms with Gasteiger partial charge < -0.3 is 16.8 Å². The van der Waals surface area contributed by atoms with E-state index in [9.17, 15) is 10.1 Å². The minimum atomic E-state index is -0.389. The number of carbonyl (C=O) groups excluding carboxylic acids is 1. The van der Waals surface area contributed by atoms with Crippen molar-refractivity contribution in [2.45, 2.75) is 6.92 Å². The van der Waals surface area contributed by atoms with E-state index in [0.29, 0.717) is 31.4 Å². The van der Waals surface area contributed by atoms with Gasteiger partial charge in [-0.2, -0.15) is 5.26 Å². The number of rotatable bonds is 2. The van der Waals surface area contributed by atoms with Gasteiger partial charge in [0.1, 0.15) is 21.6 Å². The van der Waals surface area contributed by atoms with E-state index in [1.165, 1.54) is 0 Å². The number of nitrogens with one attached hydrogen (secondary N) is 1. The molecule has 1 aromatic carbocycles. The van der Waals surface area contributed by atoms with Crippen molar-refractivity contribution in [3.05, 3.63) is 45.3 Å². The average Bonchev–Trinajstić information content (AvgIpc) is 2.86. The predicted molar refractivity (Wildman–Crippen MR) is 97.3 cm³/mol. The van der Waals surface area contributed by atoms with Crippen molar-refractivity contribution < 1.29 is 4.79 Å². The molecule has 120 valence electrons. The molecule has 0 spiro atoms. The Balaban J connectivity index is 2.09. The standard InChI is InChI=1S/C16H12ClN5OS/c1-7-8(6-18)14(20)22-16-11(7)12(19)13(24-16)15(23)21-10-5-3-2-4-9(10)17/h2-5H,19H2,1H3,(H2,20,22)(H,21,23). The van der Waals surface area contributed by atoms with Crippen LogP contribution in [0.1, 0.15) is 20.8 Å². The molecule has 6 nitrogen and oxygen atoms in total. The summed E-state index contributed by atoms with van der Waals surface area (Å²) >= 11 is 7.18. The zero-order valence-electron chi connectivity index (χ0n) is 12.6. The minimum Gasteiger partial charge on any atom is -0.397 e. The number of aryl methyl sites for hydroxylation is 1. The number of para-hydroxylation sites is 1. The molecular weight excluding hydrogens is 346 g/mol. The molecule has 0 saturated heterocycles. The highest BCUT2D eigenvalue weighted by atomic mass is 35.5. The highest BCUT2D eigenvalue weighted by molar-refractivity contribution is 7.21. The lowest BCUT2D eigenvalue weighted by Gasteiger charge is -2.06. The Labute approximate surface area is 146 Å². The van der Waals surface area contributed by atoms with Crippen LogP contribution in [-0.2, 0) is 0 Å². The Kier molecular flexibility index (Phi) is 4.01. The molecule has 0 aliphatic heterocycles. The third-order valence-electron chi connectivity index (χ3n) is 3.59. The van der Waals surface area contributed by atoms with Crippen LogP contribution in [0, 0.1) is 18.3 Å². The number of benzene rings is 1. The molecule has 5 N–H and O–H groups in total. The van der Waals surface area contributed by atoms with E-state index in [4.69, 9.17) is 23.1 Å². The molecule has 0 atom stereocenters. The number of nitrogens with zero attached hydrogens (tertiary/aromatic N) is 2. The number of hydrogen-bond acceptors (Lipinski definition) is 6. The smallest absolute Gasteiger partial charge is 0.267 e. The predicted octanol–water partition coefficient (Wildman–Crippen LogP) is 3.55. The highest BCUT2D eigenvalue weighted by Crippen LogP contribution is 2.37. The van der Waals surface area contributed by atoms with Gasteiger partial charge in [0.15, 0.2) is 0 Å². The lowest BCUT2D eigenvalue weighted by atomic mass is 10.1. The summed E-state index contributed by atoms with van der Waals surface area (Å²) in [4.78, 5) is 17.5. The number of carbonyl (C=O) groups is 1. The Bertz CT molecular complexity index is 1020. The highest BCUT2D eigenvalue weighted by Gasteiger charge is 2.22. The Morgan fingerprint density at radius 3 is 2.75 bits per heavy atom. The Morgan fingerprint density at radius 1 is 1.38 bits per heavy atom. The molecule has 1 amide bonds. The molecule has 2 heterocycles. The molecule has 3 aromatic rings. The third kappa shape index (κ3) is 2.52. The number of nitrogen functional groups attached to an aromatic ring is 2. The maximum atomic E-state index is 12.5. The van der Waals surface area contributed by atoms with Gasteiger partial charge in [-0.15, -0.1) is 11.3 Å². The number of anilines is 3. The molecule has 24 heavy (non-hydrogen) atoms. The number of thiophene rings is 1. The molecule has 0 aliphatic rings. The van der Waals surface area contributed by atoms with Gasteiger partial charge >= 0.3 is 0 Å².